The number of nitrogens with one attached hydrogen (secondary N) is 1. The van der Waals surface area contributed by atoms with Crippen LogP contribution in [-0.4, -0.2) is 6.79 Å². The summed E-state index contributed by atoms with van der Waals surface area (Å²) in [5.74, 6) is 1.43. The van der Waals surface area contributed by atoms with Gasteiger partial charge in [0.2, 0.25) is 6.79 Å². The lowest BCUT2D eigenvalue weighted by molar-refractivity contribution is 0.174. The van der Waals surface area contributed by atoms with E-state index in [1.165, 1.54) is 16.7 Å². The number of anilines is 1. The van der Waals surface area contributed by atoms with E-state index >= 15 is 0 Å². The minimum absolute atomic E-state index is 0.256. The molecule has 4 heteroatoms. The molecule has 0 unspecified atom stereocenters. The van der Waals surface area contributed by atoms with E-state index in [9.17, 15) is 0 Å². The van der Waals surface area contributed by atoms with Gasteiger partial charge in [-0.2, -0.15) is 0 Å². The van der Waals surface area contributed by atoms with Crippen molar-refractivity contribution in [1.29, 1.82) is 0 Å². The van der Waals surface area contributed by atoms with Gasteiger partial charge in [-0.05, 0) is 30.5 Å². The molecule has 1 aliphatic heterocycles. The number of ether oxygens (including phenoxy) is 2. The maximum Gasteiger partial charge on any atom is 0.231 e. The molecule has 0 spiro atoms. The predicted molar refractivity (Wildman–Crippen MR) is 80.8 cm³/mol. The Morgan fingerprint density at radius 1 is 1.05 bits per heavy atom. The standard InChI is InChI=1S/C16H16ClNO2/c1-10-3-4-12(5-11(10)2)8-18-14-7-16-15(6-13(14)17)19-9-20-16/h3-7,18H,8-9H2,1-2H3. The average molecular weight is 290 g/mol. The van der Waals surface area contributed by atoms with Gasteiger partial charge in [0, 0.05) is 18.7 Å². The van der Waals surface area contributed by atoms with Crippen molar-refractivity contribution in [2.75, 3.05) is 12.1 Å². The van der Waals surface area contributed by atoms with Crippen LogP contribution >= 0.6 is 11.6 Å². The van der Waals surface area contributed by atoms with Crippen molar-refractivity contribution in [3.63, 3.8) is 0 Å². The second-order valence-electron chi connectivity index (χ2n) is 4.96. The maximum atomic E-state index is 6.23. The zero-order valence-corrected chi connectivity index (χ0v) is 12.3. The fourth-order valence-corrected chi connectivity index (χ4v) is 2.38. The van der Waals surface area contributed by atoms with E-state index in [2.05, 4.69) is 37.4 Å². The molecule has 20 heavy (non-hydrogen) atoms. The van der Waals surface area contributed by atoms with Crippen LogP contribution in [0.3, 0.4) is 0 Å². The van der Waals surface area contributed by atoms with Crippen molar-refractivity contribution < 1.29 is 9.47 Å². The van der Waals surface area contributed by atoms with Crippen molar-refractivity contribution in [3.05, 3.63) is 52.0 Å². The quantitative estimate of drug-likeness (QED) is 0.914. The molecule has 0 aliphatic carbocycles. The fraction of sp³-hybridized carbons (Fsp3) is 0.250. The van der Waals surface area contributed by atoms with E-state index in [-0.39, 0.29) is 6.79 Å². The Labute approximate surface area is 123 Å². The lowest BCUT2D eigenvalue weighted by Crippen LogP contribution is -2.00. The van der Waals surface area contributed by atoms with E-state index in [4.69, 9.17) is 21.1 Å². The molecule has 0 saturated carbocycles. The summed E-state index contributed by atoms with van der Waals surface area (Å²) in [5.41, 5.74) is 4.67. The third kappa shape index (κ3) is 2.54. The van der Waals surface area contributed by atoms with E-state index in [0.717, 1.165) is 18.0 Å². The minimum Gasteiger partial charge on any atom is -0.454 e. The molecule has 1 heterocycles. The highest BCUT2D eigenvalue weighted by molar-refractivity contribution is 6.33. The van der Waals surface area contributed by atoms with Gasteiger partial charge in [0.05, 0.1) is 10.7 Å². The lowest BCUT2D eigenvalue weighted by atomic mass is 10.1. The summed E-state index contributed by atoms with van der Waals surface area (Å²) in [7, 11) is 0. The van der Waals surface area contributed by atoms with E-state index in [0.29, 0.717) is 10.8 Å². The third-order valence-electron chi connectivity index (χ3n) is 3.52. The Morgan fingerprint density at radius 3 is 2.55 bits per heavy atom. The van der Waals surface area contributed by atoms with Crippen LogP contribution in [0.15, 0.2) is 30.3 Å². The van der Waals surface area contributed by atoms with Crippen LogP contribution < -0.4 is 14.8 Å². The van der Waals surface area contributed by atoms with Crippen molar-refractivity contribution in [2.24, 2.45) is 0 Å². The molecule has 0 atom stereocenters. The number of halogens is 1. The largest absolute Gasteiger partial charge is 0.454 e. The second-order valence-corrected chi connectivity index (χ2v) is 5.36. The maximum absolute atomic E-state index is 6.23. The van der Waals surface area contributed by atoms with E-state index < -0.39 is 0 Å². The van der Waals surface area contributed by atoms with Crippen LogP contribution in [0.4, 0.5) is 5.69 Å². The van der Waals surface area contributed by atoms with Gasteiger partial charge in [-0.3, -0.25) is 0 Å². The number of aryl methyl sites for hydroxylation is 2. The number of fused-ring (bicyclic) bond motifs is 1. The topological polar surface area (TPSA) is 30.5 Å². The highest BCUT2D eigenvalue weighted by atomic mass is 35.5. The molecule has 0 radical (unpaired) electrons. The molecule has 2 aromatic carbocycles. The molecule has 1 aliphatic rings. The first-order chi connectivity index (χ1) is 9.63. The Kier molecular flexibility index (Phi) is 3.45. The normalized spacial score (nSPS) is 12.6. The SMILES string of the molecule is Cc1ccc(CNc2cc3c(cc2Cl)OCO3)cc1C. The molecule has 2 aromatic rings. The Bertz CT molecular complexity index is 655. The molecular weight excluding hydrogens is 274 g/mol. The smallest absolute Gasteiger partial charge is 0.231 e. The summed E-state index contributed by atoms with van der Waals surface area (Å²) in [6.07, 6.45) is 0. The molecule has 3 nitrogen and oxygen atoms in total. The first kappa shape index (κ1) is 13.1. The van der Waals surface area contributed by atoms with Gasteiger partial charge in [-0.1, -0.05) is 29.8 Å². The average Bonchev–Trinajstić information content (AvgIpc) is 2.87. The zero-order chi connectivity index (χ0) is 14.1. The van der Waals surface area contributed by atoms with E-state index in [1.807, 2.05) is 6.07 Å². The fourth-order valence-electron chi connectivity index (χ4n) is 2.16. The van der Waals surface area contributed by atoms with Crippen LogP contribution in [-0.2, 0) is 6.54 Å². The molecule has 104 valence electrons. The van der Waals surface area contributed by atoms with Crippen LogP contribution in [0.2, 0.25) is 5.02 Å². The summed E-state index contributed by atoms with van der Waals surface area (Å²) in [6, 6.07) is 10.1. The monoisotopic (exact) mass is 289 g/mol. The molecule has 0 fully saturated rings. The Balaban J connectivity index is 1.76. The van der Waals surface area contributed by atoms with E-state index in [1.54, 1.807) is 6.07 Å². The molecular formula is C16H16ClNO2. The first-order valence-electron chi connectivity index (χ1n) is 6.52. The molecule has 0 amide bonds. The van der Waals surface area contributed by atoms with Gasteiger partial charge in [-0.15, -0.1) is 0 Å². The van der Waals surface area contributed by atoms with Gasteiger partial charge < -0.3 is 14.8 Å². The van der Waals surface area contributed by atoms with Crippen LogP contribution in [0.25, 0.3) is 0 Å². The molecule has 0 bridgehead atoms. The Morgan fingerprint density at radius 2 is 1.80 bits per heavy atom. The lowest BCUT2D eigenvalue weighted by Gasteiger charge is -2.11. The van der Waals surface area contributed by atoms with Gasteiger partial charge in [-0.25, -0.2) is 0 Å². The van der Waals surface area contributed by atoms with Crippen molar-refractivity contribution in [2.45, 2.75) is 20.4 Å². The molecule has 1 N–H and O–H groups in total. The molecule has 0 aromatic heterocycles. The van der Waals surface area contributed by atoms with Crippen molar-refractivity contribution in [3.8, 4) is 11.5 Å². The molecule has 3 rings (SSSR count). The highest BCUT2D eigenvalue weighted by Gasteiger charge is 2.16. The van der Waals surface area contributed by atoms with Crippen molar-refractivity contribution >= 4 is 17.3 Å². The minimum atomic E-state index is 0.256. The summed E-state index contributed by atoms with van der Waals surface area (Å²) < 4.78 is 10.7. The Hall–Kier alpha value is -1.87. The molecule has 0 saturated heterocycles. The first-order valence-corrected chi connectivity index (χ1v) is 6.90. The number of hydrogen-bond acceptors (Lipinski definition) is 3. The zero-order valence-electron chi connectivity index (χ0n) is 11.5. The summed E-state index contributed by atoms with van der Waals surface area (Å²) in [4.78, 5) is 0. The summed E-state index contributed by atoms with van der Waals surface area (Å²) in [6.45, 7) is 5.21. The third-order valence-corrected chi connectivity index (χ3v) is 3.83. The number of hydrogen-bond donors (Lipinski definition) is 1. The van der Waals surface area contributed by atoms with Gasteiger partial charge in [0.1, 0.15) is 0 Å². The number of benzene rings is 2. The predicted octanol–water partition coefficient (Wildman–Crippen LogP) is 4.30. The highest BCUT2D eigenvalue weighted by Crippen LogP contribution is 2.39. The van der Waals surface area contributed by atoms with Crippen LogP contribution in [0.5, 0.6) is 11.5 Å². The van der Waals surface area contributed by atoms with Crippen molar-refractivity contribution in [1.82, 2.24) is 0 Å². The van der Waals surface area contributed by atoms with Gasteiger partial charge in [0.15, 0.2) is 11.5 Å². The van der Waals surface area contributed by atoms with Gasteiger partial charge in [0.25, 0.3) is 0 Å². The van der Waals surface area contributed by atoms with Crippen LogP contribution in [0, 0.1) is 13.8 Å². The summed E-state index contributed by atoms with van der Waals surface area (Å²) >= 11 is 6.23. The van der Waals surface area contributed by atoms with Crippen LogP contribution in [0.1, 0.15) is 16.7 Å². The second kappa shape index (κ2) is 5.25. The summed E-state index contributed by atoms with van der Waals surface area (Å²) in [5, 5.41) is 3.98. The number of rotatable bonds is 3. The van der Waals surface area contributed by atoms with Gasteiger partial charge >= 0.3 is 0 Å².